The molecule has 4 nitrogen and oxygen atoms in total. The Labute approximate surface area is 92.4 Å². The highest BCUT2D eigenvalue weighted by Gasteiger charge is 2.07. The molecule has 1 aromatic heterocycles. The van der Waals surface area contributed by atoms with E-state index in [-0.39, 0.29) is 18.1 Å². The Morgan fingerprint density at radius 3 is 3.00 bits per heavy atom. The quantitative estimate of drug-likeness (QED) is 0.734. The average molecular weight is 225 g/mol. The number of nitrogens with zero attached hydrogens (tertiary/aromatic N) is 2. The summed E-state index contributed by atoms with van der Waals surface area (Å²) in [6.07, 6.45) is 0.0308. The summed E-state index contributed by atoms with van der Waals surface area (Å²) in [6, 6.07) is 4.85. The first-order valence-electron chi connectivity index (χ1n) is 4.38. The molecular weight excluding hydrogens is 216 g/mol. The van der Waals surface area contributed by atoms with Gasteiger partial charge in [-0.05, 0) is 19.1 Å². The highest BCUT2D eigenvalue weighted by molar-refractivity contribution is 6.30. The van der Waals surface area contributed by atoms with Crippen LogP contribution in [0.4, 0.5) is 0 Å². The Kier molecular flexibility index (Phi) is 4.07. The highest BCUT2D eigenvalue weighted by atomic mass is 35.5. The zero-order valence-electron chi connectivity index (χ0n) is 8.16. The third-order valence-electron chi connectivity index (χ3n) is 1.59. The van der Waals surface area contributed by atoms with Gasteiger partial charge in [-0.25, -0.2) is 4.98 Å². The fourth-order valence-electron chi connectivity index (χ4n) is 1.06. The zero-order valence-corrected chi connectivity index (χ0v) is 8.91. The lowest BCUT2D eigenvalue weighted by atomic mass is 10.2. The van der Waals surface area contributed by atoms with Crippen LogP contribution in [-0.4, -0.2) is 17.6 Å². The first-order chi connectivity index (χ1) is 7.15. The summed E-state index contributed by atoms with van der Waals surface area (Å²) in [4.78, 5) is 15.1. The van der Waals surface area contributed by atoms with Gasteiger partial charge in [-0.15, -0.1) is 0 Å². The molecule has 0 saturated carbocycles. The maximum absolute atomic E-state index is 11.1. The molecule has 0 aliphatic rings. The third-order valence-corrected chi connectivity index (χ3v) is 1.81. The van der Waals surface area contributed by atoms with Gasteiger partial charge in [0.2, 0.25) is 0 Å². The molecule has 78 valence electrons. The molecule has 0 aromatic carbocycles. The number of pyridine rings is 1. The monoisotopic (exact) mass is 224 g/mol. The average Bonchev–Trinajstić information content (AvgIpc) is 2.17. The molecule has 15 heavy (non-hydrogen) atoms. The van der Waals surface area contributed by atoms with Gasteiger partial charge in [0.05, 0.1) is 18.7 Å². The first kappa shape index (κ1) is 11.5. The van der Waals surface area contributed by atoms with Gasteiger partial charge in [0.1, 0.15) is 11.8 Å². The molecule has 0 aliphatic heterocycles. The fraction of sp³-hybridized carbons (Fsp3) is 0.300. The van der Waals surface area contributed by atoms with Crippen molar-refractivity contribution in [1.82, 2.24) is 4.98 Å². The zero-order chi connectivity index (χ0) is 11.3. The molecule has 0 bridgehead atoms. The minimum absolute atomic E-state index is 0.0308. The standard InChI is InChI=1S/C10H9ClN2O2/c1-2-15-10(14)5-8-3-7(11)4-9(6-12)13-8/h3-4H,2,5H2,1H3. The van der Waals surface area contributed by atoms with Gasteiger partial charge in [-0.1, -0.05) is 11.6 Å². The minimum Gasteiger partial charge on any atom is -0.466 e. The molecule has 0 spiro atoms. The SMILES string of the molecule is CCOC(=O)Cc1cc(Cl)cc(C#N)n1. The number of carbonyl (C=O) groups excluding carboxylic acids is 1. The van der Waals surface area contributed by atoms with Gasteiger partial charge in [-0.2, -0.15) is 5.26 Å². The van der Waals surface area contributed by atoms with Crippen LogP contribution in [0.3, 0.4) is 0 Å². The van der Waals surface area contributed by atoms with Crippen molar-refractivity contribution < 1.29 is 9.53 Å². The molecule has 0 N–H and O–H groups in total. The van der Waals surface area contributed by atoms with Crippen LogP contribution in [0.25, 0.3) is 0 Å². The van der Waals surface area contributed by atoms with Gasteiger partial charge in [0.15, 0.2) is 0 Å². The Morgan fingerprint density at radius 2 is 2.40 bits per heavy atom. The van der Waals surface area contributed by atoms with Crippen molar-refractivity contribution in [3.8, 4) is 6.07 Å². The Hall–Kier alpha value is -1.60. The van der Waals surface area contributed by atoms with Gasteiger partial charge in [0, 0.05) is 5.02 Å². The summed E-state index contributed by atoms with van der Waals surface area (Å²) in [5.41, 5.74) is 0.638. The summed E-state index contributed by atoms with van der Waals surface area (Å²) in [6.45, 7) is 2.05. The lowest BCUT2D eigenvalue weighted by Gasteiger charge is -2.02. The fourth-order valence-corrected chi connectivity index (χ4v) is 1.29. The van der Waals surface area contributed by atoms with Crippen molar-refractivity contribution in [3.63, 3.8) is 0 Å². The second kappa shape index (κ2) is 5.32. The summed E-state index contributed by atoms with van der Waals surface area (Å²) in [7, 11) is 0. The molecule has 1 heterocycles. The van der Waals surface area contributed by atoms with E-state index in [0.717, 1.165) is 0 Å². The van der Waals surface area contributed by atoms with E-state index < -0.39 is 0 Å². The summed E-state index contributed by atoms with van der Waals surface area (Å²) >= 11 is 5.75. The third kappa shape index (κ3) is 3.56. The predicted octanol–water partition coefficient (Wildman–Crippen LogP) is 1.71. The maximum atomic E-state index is 11.1. The Morgan fingerprint density at radius 1 is 1.67 bits per heavy atom. The summed E-state index contributed by atoms with van der Waals surface area (Å²) in [5.74, 6) is -0.379. The largest absolute Gasteiger partial charge is 0.466 e. The van der Waals surface area contributed by atoms with Crippen molar-refractivity contribution in [3.05, 3.63) is 28.5 Å². The van der Waals surface area contributed by atoms with Crippen LogP contribution in [-0.2, 0) is 16.0 Å². The molecular formula is C10H9ClN2O2. The molecule has 1 rings (SSSR count). The van der Waals surface area contributed by atoms with Gasteiger partial charge in [0.25, 0.3) is 0 Å². The van der Waals surface area contributed by atoms with Gasteiger partial charge >= 0.3 is 5.97 Å². The van der Waals surface area contributed by atoms with E-state index in [2.05, 4.69) is 4.98 Å². The van der Waals surface area contributed by atoms with Crippen LogP contribution >= 0.6 is 11.6 Å². The summed E-state index contributed by atoms with van der Waals surface area (Å²) in [5, 5.41) is 9.03. The topological polar surface area (TPSA) is 63.0 Å². The predicted molar refractivity (Wildman–Crippen MR) is 54.3 cm³/mol. The lowest BCUT2D eigenvalue weighted by Crippen LogP contribution is -2.09. The lowest BCUT2D eigenvalue weighted by molar-refractivity contribution is -0.142. The van der Waals surface area contributed by atoms with Crippen LogP contribution in [0.15, 0.2) is 12.1 Å². The van der Waals surface area contributed by atoms with Crippen LogP contribution in [0.5, 0.6) is 0 Å². The number of halogens is 1. The van der Waals surface area contributed by atoms with Crippen molar-refractivity contribution in [2.75, 3.05) is 6.61 Å². The number of carbonyl (C=O) groups is 1. The van der Waals surface area contributed by atoms with E-state index >= 15 is 0 Å². The smallest absolute Gasteiger partial charge is 0.311 e. The van der Waals surface area contributed by atoms with E-state index in [4.69, 9.17) is 21.6 Å². The number of ether oxygens (including phenoxy) is 1. The molecule has 0 fully saturated rings. The number of esters is 1. The summed E-state index contributed by atoms with van der Waals surface area (Å²) < 4.78 is 4.75. The number of nitriles is 1. The molecule has 0 saturated heterocycles. The molecule has 0 radical (unpaired) electrons. The van der Waals surface area contributed by atoms with Crippen LogP contribution < -0.4 is 0 Å². The van der Waals surface area contributed by atoms with E-state index in [1.807, 2.05) is 6.07 Å². The minimum atomic E-state index is -0.379. The number of aromatic nitrogens is 1. The van der Waals surface area contributed by atoms with Crippen molar-refractivity contribution in [2.24, 2.45) is 0 Å². The molecule has 0 unspecified atom stereocenters. The Balaban J connectivity index is 2.82. The number of hydrogen-bond donors (Lipinski definition) is 0. The van der Waals surface area contributed by atoms with E-state index in [1.54, 1.807) is 13.0 Å². The van der Waals surface area contributed by atoms with Crippen molar-refractivity contribution >= 4 is 17.6 Å². The number of hydrogen-bond acceptors (Lipinski definition) is 4. The van der Waals surface area contributed by atoms with Crippen LogP contribution in [0, 0.1) is 11.3 Å². The highest BCUT2D eigenvalue weighted by Crippen LogP contribution is 2.12. The second-order valence-corrected chi connectivity index (χ2v) is 3.19. The Bertz CT molecular complexity index is 412. The van der Waals surface area contributed by atoms with Gasteiger partial charge < -0.3 is 4.74 Å². The van der Waals surface area contributed by atoms with Crippen molar-refractivity contribution in [1.29, 1.82) is 5.26 Å². The molecule has 0 amide bonds. The molecule has 1 aromatic rings. The normalized spacial score (nSPS) is 9.40. The molecule has 0 aliphatic carbocycles. The molecule has 5 heteroatoms. The van der Waals surface area contributed by atoms with Gasteiger partial charge in [-0.3, -0.25) is 4.79 Å². The van der Waals surface area contributed by atoms with Crippen LogP contribution in [0.2, 0.25) is 5.02 Å². The van der Waals surface area contributed by atoms with Crippen molar-refractivity contribution in [2.45, 2.75) is 13.3 Å². The van der Waals surface area contributed by atoms with E-state index in [1.165, 1.54) is 6.07 Å². The van der Waals surface area contributed by atoms with E-state index in [0.29, 0.717) is 17.3 Å². The maximum Gasteiger partial charge on any atom is 0.311 e. The second-order valence-electron chi connectivity index (χ2n) is 2.76. The van der Waals surface area contributed by atoms with Crippen LogP contribution in [0.1, 0.15) is 18.3 Å². The molecule has 0 atom stereocenters. The first-order valence-corrected chi connectivity index (χ1v) is 4.75. The van der Waals surface area contributed by atoms with E-state index in [9.17, 15) is 4.79 Å². The number of rotatable bonds is 3.